The first-order valence-corrected chi connectivity index (χ1v) is 11.4. The van der Waals surface area contributed by atoms with Gasteiger partial charge in [-0.15, -0.1) is 0 Å². The van der Waals surface area contributed by atoms with Crippen LogP contribution in [0.2, 0.25) is 0 Å². The molecule has 0 radical (unpaired) electrons. The van der Waals surface area contributed by atoms with E-state index in [1.807, 2.05) is 58.2 Å². The molecule has 0 unspecified atom stereocenters. The van der Waals surface area contributed by atoms with E-state index >= 15 is 0 Å². The molecule has 1 N–H and O–H groups in total. The molecule has 0 aliphatic carbocycles. The Bertz CT molecular complexity index is 1220. The fraction of sp³-hybridized carbons (Fsp3) is 0.222. The second-order valence-corrected chi connectivity index (χ2v) is 8.35. The molecule has 0 saturated carbocycles. The van der Waals surface area contributed by atoms with Crippen LogP contribution in [-0.2, 0) is 24.4 Å². The predicted octanol–water partition coefficient (Wildman–Crippen LogP) is 4.41. The molecular formula is C27H27N5O. The SMILES string of the molecule is O=C1CCCN1c1cccc(CNCc2cn(Cc3ccccc3)nc2-c2cccnc2)c1. The van der Waals surface area contributed by atoms with E-state index in [9.17, 15) is 4.79 Å². The van der Waals surface area contributed by atoms with Crippen molar-refractivity contribution in [1.29, 1.82) is 0 Å². The van der Waals surface area contributed by atoms with E-state index in [1.54, 1.807) is 6.20 Å². The second-order valence-electron chi connectivity index (χ2n) is 8.35. The Labute approximate surface area is 193 Å². The number of amides is 1. The van der Waals surface area contributed by atoms with E-state index in [0.29, 0.717) is 19.5 Å². The van der Waals surface area contributed by atoms with E-state index in [0.717, 1.165) is 47.6 Å². The van der Waals surface area contributed by atoms with Gasteiger partial charge in [-0.25, -0.2) is 0 Å². The first-order valence-electron chi connectivity index (χ1n) is 11.4. The number of hydrogen-bond acceptors (Lipinski definition) is 4. The molecule has 6 heteroatoms. The van der Waals surface area contributed by atoms with Crippen molar-refractivity contribution in [2.45, 2.75) is 32.5 Å². The Morgan fingerprint density at radius 2 is 1.82 bits per heavy atom. The summed E-state index contributed by atoms with van der Waals surface area (Å²) in [7, 11) is 0. The molecule has 1 aliphatic rings. The predicted molar refractivity (Wildman–Crippen MR) is 130 cm³/mol. The van der Waals surface area contributed by atoms with Crippen LogP contribution in [0.3, 0.4) is 0 Å². The zero-order valence-corrected chi connectivity index (χ0v) is 18.5. The maximum absolute atomic E-state index is 12.1. The van der Waals surface area contributed by atoms with Gasteiger partial charge in [0, 0.05) is 61.5 Å². The van der Waals surface area contributed by atoms with E-state index in [1.165, 1.54) is 5.56 Å². The van der Waals surface area contributed by atoms with Gasteiger partial charge in [-0.05, 0) is 41.8 Å². The van der Waals surface area contributed by atoms with Crippen molar-refractivity contribution in [3.05, 3.63) is 102 Å². The zero-order chi connectivity index (χ0) is 22.5. The number of carbonyl (C=O) groups excluding carboxylic acids is 1. The van der Waals surface area contributed by atoms with Crippen molar-refractivity contribution in [3.8, 4) is 11.3 Å². The number of anilines is 1. The highest BCUT2D eigenvalue weighted by molar-refractivity contribution is 5.95. The van der Waals surface area contributed by atoms with E-state index in [-0.39, 0.29) is 5.91 Å². The van der Waals surface area contributed by atoms with Crippen molar-refractivity contribution >= 4 is 11.6 Å². The Balaban J connectivity index is 1.31. The molecule has 1 aliphatic heterocycles. The van der Waals surface area contributed by atoms with Crippen LogP contribution in [0.4, 0.5) is 5.69 Å². The Morgan fingerprint density at radius 3 is 2.61 bits per heavy atom. The van der Waals surface area contributed by atoms with Crippen molar-refractivity contribution < 1.29 is 4.79 Å². The summed E-state index contributed by atoms with van der Waals surface area (Å²) in [6.07, 6.45) is 7.33. The zero-order valence-electron chi connectivity index (χ0n) is 18.5. The minimum absolute atomic E-state index is 0.215. The Hall–Kier alpha value is -3.77. The number of carbonyl (C=O) groups is 1. The fourth-order valence-corrected chi connectivity index (χ4v) is 4.29. The van der Waals surface area contributed by atoms with Gasteiger partial charge in [-0.2, -0.15) is 5.10 Å². The third kappa shape index (κ3) is 5.02. The molecule has 1 saturated heterocycles. The average Bonchev–Trinajstić information content (AvgIpc) is 3.46. The molecular weight excluding hydrogens is 410 g/mol. The fourth-order valence-electron chi connectivity index (χ4n) is 4.29. The minimum atomic E-state index is 0.215. The van der Waals surface area contributed by atoms with Crippen LogP contribution >= 0.6 is 0 Å². The minimum Gasteiger partial charge on any atom is -0.312 e. The van der Waals surface area contributed by atoms with E-state index in [4.69, 9.17) is 5.10 Å². The summed E-state index contributed by atoms with van der Waals surface area (Å²) in [5.41, 5.74) is 6.45. The summed E-state index contributed by atoms with van der Waals surface area (Å²) in [4.78, 5) is 18.2. The lowest BCUT2D eigenvalue weighted by molar-refractivity contribution is -0.117. The number of rotatable bonds is 8. The third-order valence-electron chi connectivity index (χ3n) is 5.90. The van der Waals surface area contributed by atoms with E-state index in [2.05, 4.69) is 40.8 Å². The van der Waals surface area contributed by atoms with E-state index < -0.39 is 0 Å². The molecule has 0 atom stereocenters. The van der Waals surface area contributed by atoms with Gasteiger partial charge in [0.25, 0.3) is 0 Å². The number of aromatic nitrogens is 3. The second kappa shape index (κ2) is 9.79. The maximum Gasteiger partial charge on any atom is 0.227 e. The molecule has 166 valence electrons. The van der Waals surface area contributed by atoms with Gasteiger partial charge in [0.2, 0.25) is 5.91 Å². The van der Waals surface area contributed by atoms with Crippen LogP contribution in [-0.4, -0.2) is 27.2 Å². The summed E-state index contributed by atoms with van der Waals surface area (Å²) in [5, 5.41) is 8.43. The molecule has 0 bridgehead atoms. The first-order chi connectivity index (χ1) is 16.3. The topological polar surface area (TPSA) is 63.1 Å². The van der Waals surface area contributed by atoms with Gasteiger partial charge in [0.1, 0.15) is 0 Å². The van der Waals surface area contributed by atoms with Crippen LogP contribution in [0, 0.1) is 0 Å². The summed E-state index contributed by atoms with van der Waals surface area (Å²) < 4.78 is 1.99. The lowest BCUT2D eigenvalue weighted by Crippen LogP contribution is -2.23. The highest BCUT2D eigenvalue weighted by Gasteiger charge is 2.21. The number of hydrogen-bond donors (Lipinski definition) is 1. The van der Waals surface area contributed by atoms with Gasteiger partial charge in [0.05, 0.1) is 12.2 Å². The highest BCUT2D eigenvalue weighted by Crippen LogP contribution is 2.24. The van der Waals surface area contributed by atoms with Crippen LogP contribution in [0.25, 0.3) is 11.3 Å². The molecule has 4 aromatic rings. The van der Waals surface area contributed by atoms with Crippen molar-refractivity contribution in [1.82, 2.24) is 20.1 Å². The Morgan fingerprint density at radius 1 is 0.939 bits per heavy atom. The summed E-state index contributed by atoms with van der Waals surface area (Å²) >= 11 is 0. The highest BCUT2D eigenvalue weighted by atomic mass is 16.2. The Kier molecular flexibility index (Phi) is 6.26. The smallest absolute Gasteiger partial charge is 0.227 e. The van der Waals surface area contributed by atoms with Crippen molar-refractivity contribution in [2.24, 2.45) is 0 Å². The average molecular weight is 438 g/mol. The largest absolute Gasteiger partial charge is 0.312 e. The maximum atomic E-state index is 12.1. The van der Waals surface area contributed by atoms with Gasteiger partial charge in [-0.3, -0.25) is 14.5 Å². The van der Waals surface area contributed by atoms with Gasteiger partial charge in [-0.1, -0.05) is 42.5 Å². The molecule has 2 aromatic heterocycles. The molecule has 3 heterocycles. The first kappa shape index (κ1) is 21.1. The molecule has 5 rings (SSSR count). The summed E-state index contributed by atoms with van der Waals surface area (Å²) in [6, 6.07) is 22.6. The van der Waals surface area contributed by atoms with Crippen molar-refractivity contribution in [2.75, 3.05) is 11.4 Å². The number of pyridine rings is 1. The molecule has 1 fully saturated rings. The van der Waals surface area contributed by atoms with Crippen LogP contribution < -0.4 is 10.2 Å². The van der Waals surface area contributed by atoms with Crippen LogP contribution in [0.5, 0.6) is 0 Å². The number of benzene rings is 2. The van der Waals surface area contributed by atoms with Gasteiger partial charge < -0.3 is 10.2 Å². The van der Waals surface area contributed by atoms with Crippen LogP contribution in [0.15, 0.2) is 85.3 Å². The van der Waals surface area contributed by atoms with Gasteiger partial charge in [0.15, 0.2) is 0 Å². The number of nitrogens with one attached hydrogen (secondary N) is 1. The summed E-state index contributed by atoms with van der Waals surface area (Å²) in [5.74, 6) is 0.215. The monoisotopic (exact) mass is 437 g/mol. The molecule has 6 nitrogen and oxygen atoms in total. The molecule has 2 aromatic carbocycles. The van der Waals surface area contributed by atoms with Gasteiger partial charge >= 0.3 is 0 Å². The lowest BCUT2D eigenvalue weighted by atomic mass is 10.1. The summed E-state index contributed by atoms with van der Waals surface area (Å²) in [6.45, 7) is 2.93. The molecule has 1 amide bonds. The lowest BCUT2D eigenvalue weighted by Gasteiger charge is -2.16. The number of nitrogens with zero attached hydrogens (tertiary/aromatic N) is 4. The van der Waals surface area contributed by atoms with Crippen molar-refractivity contribution in [3.63, 3.8) is 0 Å². The third-order valence-corrected chi connectivity index (χ3v) is 5.90. The standard InChI is InChI=1S/C27H27N5O/c33-26-12-6-14-32(26)25-11-4-9-22(15-25)16-29-18-24-20-31(19-21-7-2-1-3-8-21)30-27(24)23-10-5-13-28-17-23/h1-5,7-11,13,15,17,20,29H,6,12,14,16,18-19H2. The molecule has 33 heavy (non-hydrogen) atoms. The molecule has 0 spiro atoms. The normalized spacial score (nSPS) is 13.6. The quantitative estimate of drug-likeness (QED) is 0.444. The van der Waals surface area contributed by atoms with Crippen LogP contribution in [0.1, 0.15) is 29.5 Å².